The SMILES string of the molecule is CC1=CC(C)(C(=O)O)CC(C)=C1.Cc1cc(C)cc(C(=O)O)c1. The first-order chi connectivity index (χ1) is 10.5. The molecule has 2 rings (SSSR count). The molecule has 0 heterocycles. The molecule has 1 unspecified atom stereocenters. The molecule has 1 aliphatic carbocycles. The monoisotopic (exact) mass is 316 g/mol. The van der Waals surface area contributed by atoms with Gasteiger partial charge in [-0.1, -0.05) is 40.5 Å². The number of hydrogen-bond acceptors (Lipinski definition) is 2. The van der Waals surface area contributed by atoms with Gasteiger partial charge in [-0.3, -0.25) is 4.79 Å². The molecule has 4 heteroatoms. The Morgan fingerprint density at radius 3 is 1.91 bits per heavy atom. The minimum atomic E-state index is -0.864. The molecule has 124 valence electrons. The Morgan fingerprint density at radius 2 is 1.52 bits per heavy atom. The standard InChI is InChI=1S/C10H14O2.C9H10O2/c1-7-4-8(2)6-10(3,5-7)9(11)12;1-6-3-7(2)5-8(4-6)9(10)11/h4-5H,6H2,1-3H3,(H,11,12);3-5H,1-2H3,(H,10,11). The summed E-state index contributed by atoms with van der Waals surface area (Å²) >= 11 is 0. The van der Waals surface area contributed by atoms with E-state index in [1.165, 1.54) is 0 Å². The van der Waals surface area contributed by atoms with Crippen molar-refractivity contribution in [2.75, 3.05) is 0 Å². The maximum Gasteiger partial charge on any atom is 0.335 e. The lowest BCUT2D eigenvalue weighted by molar-refractivity contribution is -0.145. The topological polar surface area (TPSA) is 74.6 Å². The highest BCUT2D eigenvalue weighted by Gasteiger charge is 2.32. The van der Waals surface area contributed by atoms with Crippen LogP contribution in [0.15, 0.2) is 41.5 Å². The van der Waals surface area contributed by atoms with Crippen LogP contribution in [-0.2, 0) is 4.79 Å². The van der Waals surface area contributed by atoms with Crippen molar-refractivity contribution in [3.05, 3.63) is 58.2 Å². The summed E-state index contributed by atoms with van der Waals surface area (Å²) < 4.78 is 0. The van der Waals surface area contributed by atoms with Gasteiger partial charge in [0.2, 0.25) is 0 Å². The van der Waals surface area contributed by atoms with Gasteiger partial charge in [-0.05, 0) is 53.2 Å². The molecular weight excluding hydrogens is 292 g/mol. The van der Waals surface area contributed by atoms with Crippen LogP contribution in [0.5, 0.6) is 0 Å². The second kappa shape index (κ2) is 7.27. The molecule has 0 saturated heterocycles. The van der Waals surface area contributed by atoms with Crippen molar-refractivity contribution >= 4 is 11.9 Å². The third kappa shape index (κ3) is 5.40. The zero-order valence-electron chi connectivity index (χ0n) is 14.3. The fraction of sp³-hybridized carbons (Fsp3) is 0.368. The molecule has 23 heavy (non-hydrogen) atoms. The van der Waals surface area contributed by atoms with E-state index in [4.69, 9.17) is 10.2 Å². The normalized spacial score (nSPS) is 19.9. The summed E-state index contributed by atoms with van der Waals surface area (Å²) in [6.45, 7) is 9.44. The molecule has 0 aromatic heterocycles. The maximum absolute atomic E-state index is 10.9. The summed E-state index contributed by atoms with van der Waals surface area (Å²) in [5.41, 5.74) is 3.83. The number of carboxylic acid groups (broad SMARTS) is 2. The molecule has 0 spiro atoms. The van der Waals surface area contributed by atoms with Crippen LogP contribution in [0.4, 0.5) is 0 Å². The van der Waals surface area contributed by atoms with Crippen LogP contribution in [0.1, 0.15) is 48.7 Å². The first-order valence-electron chi connectivity index (χ1n) is 7.45. The molecule has 1 aromatic rings. The molecule has 4 nitrogen and oxygen atoms in total. The summed E-state index contributed by atoms with van der Waals surface area (Å²) in [5, 5.41) is 17.6. The van der Waals surface area contributed by atoms with Gasteiger partial charge >= 0.3 is 11.9 Å². The van der Waals surface area contributed by atoms with Gasteiger partial charge in [0.1, 0.15) is 0 Å². The molecule has 1 atom stereocenters. The molecule has 0 aliphatic heterocycles. The van der Waals surface area contributed by atoms with Crippen LogP contribution in [-0.4, -0.2) is 22.2 Å². The first-order valence-corrected chi connectivity index (χ1v) is 7.45. The molecule has 0 radical (unpaired) electrons. The van der Waals surface area contributed by atoms with Gasteiger partial charge in [-0.25, -0.2) is 4.79 Å². The van der Waals surface area contributed by atoms with E-state index < -0.39 is 17.4 Å². The van der Waals surface area contributed by atoms with E-state index in [2.05, 4.69) is 0 Å². The molecule has 1 aliphatic rings. The lowest BCUT2D eigenvalue weighted by atomic mass is 9.78. The maximum atomic E-state index is 10.9. The summed E-state index contributed by atoms with van der Waals surface area (Å²) in [7, 11) is 0. The van der Waals surface area contributed by atoms with Gasteiger partial charge in [0.05, 0.1) is 11.0 Å². The average Bonchev–Trinajstić information content (AvgIpc) is 2.36. The number of carboxylic acids is 2. The summed E-state index contributed by atoms with van der Waals surface area (Å²) in [6.07, 6.45) is 4.48. The van der Waals surface area contributed by atoms with Gasteiger partial charge in [0, 0.05) is 0 Å². The van der Waals surface area contributed by atoms with Crippen molar-refractivity contribution < 1.29 is 19.8 Å². The summed E-state index contributed by atoms with van der Waals surface area (Å²) in [4.78, 5) is 21.4. The number of aromatic carboxylic acids is 1. The summed E-state index contributed by atoms with van der Waals surface area (Å²) in [6, 6.07) is 5.27. The van der Waals surface area contributed by atoms with E-state index in [0.717, 1.165) is 22.3 Å². The average molecular weight is 316 g/mol. The highest BCUT2D eigenvalue weighted by atomic mass is 16.4. The number of aryl methyl sites for hydroxylation is 2. The molecule has 0 amide bonds. The Morgan fingerprint density at radius 1 is 1.00 bits per heavy atom. The van der Waals surface area contributed by atoms with Crippen LogP contribution in [0, 0.1) is 19.3 Å². The van der Waals surface area contributed by atoms with Gasteiger partial charge in [-0.15, -0.1) is 0 Å². The Labute approximate surface area is 137 Å². The van der Waals surface area contributed by atoms with Gasteiger partial charge in [0.25, 0.3) is 0 Å². The third-order valence-electron chi connectivity index (χ3n) is 3.62. The van der Waals surface area contributed by atoms with Gasteiger partial charge in [-0.2, -0.15) is 0 Å². The van der Waals surface area contributed by atoms with Crippen molar-refractivity contribution in [1.82, 2.24) is 0 Å². The van der Waals surface area contributed by atoms with Crippen molar-refractivity contribution in [3.63, 3.8) is 0 Å². The van der Waals surface area contributed by atoms with Crippen molar-refractivity contribution in [2.45, 2.75) is 41.0 Å². The Balaban J connectivity index is 0.000000231. The lowest BCUT2D eigenvalue weighted by Crippen LogP contribution is -2.27. The molecule has 0 fully saturated rings. The number of hydrogen-bond donors (Lipinski definition) is 2. The van der Waals surface area contributed by atoms with Gasteiger partial charge in [0.15, 0.2) is 0 Å². The van der Waals surface area contributed by atoms with E-state index >= 15 is 0 Å². The number of carbonyl (C=O) groups is 2. The summed E-state index contributed by atoms with van der Waals surface area (Å²) in [5.74, 6) is -1.61. The second-order valence-corrected chi connectivity index (χ2v) is 6.46. The number of benzene rings is 1. The smallest absolute Gasteiger partial charge is 0.335 e. The van der Waals surface area contributed by atoms with Crippen LogP contribution in [0.3, 0.4) is 0 Å². The van der Waals surface area contributed by atoms with Crippen molar-refractivity contribution in [2.24, 2.45) is 5.41 Å². The van der Waals surface area contributed by atoms with Gasteiger partial charge < -0.3 is 10.2 Å². The van der Waals surface area contributed by atoms with Crippen LogP contribution in [0.25, 0.3) is 0 Å². The minimum Gasteiger partial charge on any atom is -0.481 e. The number of aliphatic carboxylic acids is 1. The van der Waals surface area contributed by atoms with Crippen LogP contribution < -0.4 is 0 Å². The zero-order valence-corrected chi connectivity index (χ0v) is 14.3. The Kier molecular flexibility index (Phi) is 5.91. The Bertz CT molecular complexity index is 662. The van der Waals surface area contributed by atoms with Crippen LogP contribution in [0.2, 0.25) is 0 Å². The molecule has 1 aromatic carbocycles. The minimum absolute atomic E-state index is 0.363. The van der Waals surface area contributed by atoms with Crippen molar-refractivity contribution in [1.29, 1.82) is 0 Å². The number of rotatable bonds is 2. The highest BCUT2D eigenvalue weighted by Crippen LogP contribution is 2.33. The molecule has 2 N–H and O–H groups in total. The largest absolute Gasteiger partial charge is 0.481 e. The van der Waals surface area contributed by atoms with E-state index in [9.17, 15) is 9.59 Å². The van der Waals surface area contributed by atoms with E-state index in [1.54, 1.807) is 19.1 Å². The fourth-order valence-electron chi connectivity index (χ4n) is 2.85. The van der Waals surface area contributed by atoms with E-state index in [-0.39, 0.29) is 0 Å². The van der Waals surface area contributed by atoms with Crippen molar-refractivity contribution in [3.8, 4) is 0 Å². The van der Waals surface area contributed by atoms with Crippen LogP contribution >= 0.6 is 0 Å². The highest BCUT2D eigenvalue weighted by molar-refractivity contribution is 5.88. The molecular formula is C19H24O4. The predicted octanol–water partition coefficient (Wildman–Crippen LogP) is 4.38. The fourth-order valence-corrected chi connectivity index (χ4v) is 2.85. The van der Waals surface area contributed by atoms with E-state index in [1.807, 2.05) is 45.9 Å². The predicted molar refractivity (Wildman–Crippen MR) is 90.7 cm³/mol. The Hall–Kier alpha value is -2.36. The molecule has 0 saturated carbocycles. The second-order valence-electron chi connectivity index (χ2n) is 6.46. The number of allylic oxidation sites excluding steroid dienone is 3. The van der Waals surface area contributed by atoms with E-state index in [0.29, 0.717) is 12.0 Å². The zero-order chi connectivity index (χ0) is 17.8. The lowest BCUT2D eigenvalue weighted by Gasteiger charge is -2.25. The molecule has 0 bridgehead atoms. The third-order valence-corrected chi connectivity index (χ3v) is 3.62. The quantitative estimate of drug-likeness (QED) is 0.849. The first kappa shape index (κ1) is 18.7.